The molecule has 1 aromatic carbocycles. The number of hydrogen-bond donors (Lipinski definition) is 2. The smallest absolute Gasteiger partial charge is 0.255 e. The SMILES string of the molecule is NCCNC(=O)C1CCCN(C(=O)c2cc(Cl)ccc2Br)C1. The van der Waals surface area contributed by atoms with Crippen LogP contribution in [-0.2, 0) is 4.79 Å². The van der Waals surface area contributed by atoms with Gasteiger partial charge in [-0.05, 0) is 47.0 Å². The van der Waals surface area contributed by atoms with Gasteiger partial charge in [-0.25, -0.2) is 0 Å². The molecule has 1 heterocycles. The second-order valence-corrected chi connectivity index (χ2v) is 6.58. The van der Waals surface area contributed by atoms with Crippen molar-refractivity contribution >= 4 is 39.3 Å². The summed E-state index contributed by atoms with van der Waals surface area (Å²) in [6, 6.07) is 5.12. The third-order valence-corrected chi connectivity index (χ3v) is 4.61. The maximum absolute atomic E-state index is 12.6. The number of halogens is 2. The van der Waals surface area contributed by atoms with Gasteiger partial charge in [-0.3, -0.25) is 9.59 Å². The van der Waals surface area contributed by atoms with E-state index in [0.717, 1.165) is 12.8 Å². The fraction of sp³-hybridized carbons (Fsp3) is 0.467. The molecule has 120 valence electrons. The van der Waals surface area contributed by atoms with E-state index in [-0.39, 0.29) is 17.7 Å². The molecular weight excluding hydrogens is 370 g/mol. The predicted molar refractivity (Wildman–Crippen MR) is 89.8 cm³/mol. The molecule has 2 rings (SSSR count). The number of carbonyl (C=O) groups is 2. The summed E-state index contributed by atoms with van der Waals surface area (Å²) in [5.41, 5.74) is 5.92. The average Bonchev–Trinajstić information content (AvgIpc) is 2.54. The van der Waals surface area contributed by atoms with E-state index < -0.39 is 0 Å². The van der Waals surface area contributed by atoms with E-state index in [2.05, 4.69) is 21.2 Å². The molecule has 0 saturated carbocycles. The van der Waals surface area contributed by atoms with Crippen molar-refractivity contribution in [2.24, 2.45) is 11.7 Å². The molecule has 7 heteroatoms. The number of hydrogen-bond acceptors (Lipinski definition) is 3. The maximum Gasteiger partial charge on any atom is 0.255 e. The van der Waals surface area contributed by atoms with Gasteiger partial charge in [0.05, 0.1) is 11.5 Å². The van der Waals surface area contributed by atoms with Gasteiger partial charge in [-0.1, -0.05) is 11.6 Å². The normalized spacial score (nSPS) is 18.1. The van der Waals surface area contributed by atoms with Crippen molar-refractivity contribution in [1.82, 2.24) is 10.2 Å². The fourth-order valence-corrected chi connectivity index (χ4v) is 3.14. The summed E-state index contributed by atoms with van der Waals surface area (Å²) in [5.74, 6) is -0.319. The topological polar surface area (TPSA) is 75.4 Å². The third-order valence-electron chi connectivity index (χ3n) is 3.68. The van der Waals surface area contributed by atoms with Gasteiger partial charge in [0.25, 0.3) is 5.91 Å². The second kappa shape index (κ2) is 7.94. The quantitative estimate of drug-likeness (QED) is 0.829. The number of likely N-dealkylation sites (tertiary alicyclic amines) is 1. The van der Waals surface area contributed by atoms with Gasteiger partial charge in [0.2, 0.25) is 5.91 Å². The average molecular weight is 389 g/mol. The Labute approximate surface area is 143 Å². The summed E-state index contributed by atoms with van der Waals surface area (Å²) in [7, 11) is 0. The van der Waals surface area contributed by atoms with Crippen LogP contribution in [0.25, 0.3) is 0 Å². The summed E-state index contributed by atoms with van der Waals surface area (Å²) >= 11 is 9.35. The fourth-order valence-electron chi connectivity index (χ4n) is 2.55. The molecule has 0 aromatic heterocycles. The minimum atomic E-state index is -0.179. The Hall–Kier alpha value is -1.11. The van der Waals surface area contributed by atoms with Crippen LogP contribution in [0.3, 0.4) is 0 Å². The largest absolute Gasteiger partial charge is 0.355 e. The Balaban J connectivity index is 2.07. The molecule has 1 aliphatic rings. The van der Waals surface area contributed by atoms with Crippen LogP contribution in [0.2, 0.25) is 5.02 Å². The molecule has 2 amide bonds. The summed E-state index contributed by atoms with van der Waals surface area (Å²) < 4.78 is 0.705. The molecule has 1 atom stereocenters. The van der Waals surface area contributed by atoms with Crippen LogP contribution in [0, 0.1) is 5.92 Å². The first-order valence-electron chi connectivity index (χ1n) is 7.25. The predicted octanol–water partition coefficient (Wildman–Crippen LogP) is 2.03. The van der Waals surface area contributed by atoms with Gasteiger partial charge >= 0.3 is 0 Å². The first-order chi connectivity index (χ1) is 10.5. The lowest BCUT2D eigenvalue weighted by molar-refractivity contribution is -0.126. The zero-order valence-corrected chi connectivity index (χ0v) is 14.5. The van der Waals surface area contributed by atoms with E-state index in [0.29, 0.717) is 41.2 Å². The van der Waals surface area contributed by atoms with Crippen LogP contribution >= 0.6 is 27.5 Å². The van der Waals surface area contributed by atoms with Crippen molar-refractivity contribution in [3.8, 4) is 0 Å². The zero-order valence-electron chi connectivity index (χ0n) is 12.1. The Morgan fingerprint density at radius 1 is 1.45 bits per heavy atom. The minimum Gasteiger partial charge on any atom is -0.355 e. The molecule has 1 aliphatic heterocycles. The monoisotopic (exact) mass is 387 g/mol. The molecule has 0 bridgehead atoms. The molecule has 0 radical (unpaired) electrons. The highest BCUT2D eigenvalue weighted by atomic mass is 79.9. The van der Waals surface area contributed by atoms with Crippen molar-refractivity contribution in [2.75, 3.05) is 26.2 Å². The lowest BCUT2D eigenvalue weighted by atomic mass is 9.96. The molecule has 1 fully saturated rings. The van der Waals surface area contributed by atoms with Crippen molar-refractivity contribution in [1.29, 1.82) is 0 Å². The first-order valence-corrected chi connectivity index (χ1v) is 8.42. The van der Waals surface area contributed by atoms with Gasteiger partial charge < -0.3 is 16.0 Å². The molecule has 0 spiro atoms. The molecule has 0 aliphatic carbocycles. The number of amides is 2. The standard InChI is InChI=1S/C15H19BrClN3O2/c16-13-4-3-11(17)8-12(13)15(22)20-7-1-2-10(9-20)14(21)19-6-5-18/h3-4,8,10H,1-2,5-7,9,18H2,(H,19,21). The van der Waals surface area contributed by atoms with Crippen LogP contribution in [0.5, 0.6) is 0 Å². The number of nitrogens with one attached hydrogen (secondary N) is 1. The van der Waals surface area contributed by atoms with Crippen LogP contribution < -0.4 is 11.1 Å². The molecular formula is C15H19BrClN3O2. The first kappa shape index (κ1) is 17.2. The van der Waals surface area contributed by atoms with Crippen LogP contribution in [-0.4, -0.2) is 42.9 Å². The van der Waals surface area contributed by atoms with Crippen LogP contribution in [0.15, 0.2) is 22.7 Å². The van der Waals surface area contributed by atoms with Gasteiger partial charge in [0.15, 0.2) is 0 Å². The van der Waals surface area contributed by atoms with Gasteiger partial charge in [0.1, 0.15) is 0 Å². The highest BCUT2D eigenvalue weighted by Crippen LogP contribution is 2.25. The Kier molecular flexibility index (Phi) is 6.23. The molecule has 3 N–H and O–H groups in total. The highest BCUT2D eigenvalue weighted by molar-refractivity contribution is 9.10. The van der Waals surface area contributed by atoms with Crippen molar-refractivity contribution < 1.29 is 9.59 Å². The number of nitrogens with zero attached hydrogens (tertiary/aromatic N) is 1. The lowest BCUT2D eigenvalue weighted by Gasteiger charge is -2.32. The zero-order chi connectivity index (χ0) is 16.1. The molecule has 5 nitrogen and oxygen atoms in total. The van der Waals surface area contributed by atoms with Crippen LogP contribution in [0.1, 0.15) is 23.2 Å². The van der Waals surface area contributed by atoms with E-state index in [1.54, 1.807) is 23.1 Å². The number of piperidine rings is 1. The molecule has 22 heavy (non-hydrogen) atoms. The molecule has 1 aromatic rings. The van der Waals surface area contributed by atoms with Gasteiger partial charge in [-0.15, -0.1) is 0 Å². The molecule has 1 unspecified atom stereocenters. The maximum atomic E-state index is 12.6. The summed E-state index contributed by atoms with van der Waals surface area (Å²) in [6.45, 7) is 1.95. The van der Waals surface area contributed by atoms with Gasteiger partial charge in [0, 0.05) is 35.7 Å². The Bertz CT molecular complexity index is 568. The number of rotatable bonds is 4. The van der Waals surface area contributed by atoms with E-state index in [1.165, 1.54) is 0 Å². The van der Waals surface area contributed by atoms with E-state index in [4.69, 9.17) is 17.3 Å². The number of nitrogens with two attached hydrogens (primary N) is 1. The number of carbonyl (C=O) groups excluding carboxylic acids is 2. The summed E-state index contributed by atoms with van der Waals surface area (Å²) in [6.07, 6.45) is 1.60. The van der Waals surface area contributed by atoms with Gasteiger partial charge in [-0.2, -0.15) is 0 Å². The lowest BCUT2D eigenvalue weighted by Crippen LogP contribution is -2.46. The van der Waals surface area contributed by atoms with Crippen molar-refractivity contribution in [3.63, 3.8) is 0 Å². The Morgan fingerprint density at radius 2 is 2.23 bits per heavy atom. The second-order valence-electron chi connectivity index (χ2n) is 5.29. The van der Waals surface area contributed by atoms with E-state index in [9.17, 15) is 9.59 Å². The van der Waals surface area contributed by atoms with E-state index in [1.807, 2.05) is 0 Å². The Morgan fingerprint density at radius 3 is 2.95 bits per heavy atom. The highest BCUT2D eigenvalue weighted by Gasteiger charge is 2.29. The summed E-state index contributed by atoms with van der Waals surface area (Å²) in [5, 5.41) is 3.30. The van der Waals surface area contributed by atoms with Crippen molar-refractivity contribution in [3.05, 3.63) is 33.3 Å². The third kappa shape index (κ3) is 4.21. The number of benzene rings is 1. The van der Waals surface area contributed by atoms with E-state index >= 15 is 0 Å². The molecule has 1 saturated heterocycles. The summed E-state index contributed by atoms with van der Waals surface area (Å²) in [4.78, 5) is 26.4. The van der Waals surface area contributed by atoms with Crippen molar-refractivity contribution in [2.45, 2.75) is 12.8 Å². The minimum absolute atomic E-state index is 0.0342. The van der Waals surface area contributed by atoms with Crippen LogP contribution in [0.4, 0.5) is 0 Å².